The third kappa shape index (κ3) is 4.21. The summed E-state index contributed by atoms with van der Waals surface area (Å²) in [5, 5.41) is 10.1. The van der Waals surface area contributed by atoms with E-state index in [2.05, 4.69) is 41.4 Å². The number of nitrogens with one attached hydrogen (secondary N) is 2. The van der Waals surface area contributed by atoms with Gasteiger partial charge in [0.25, 0.3) is 0 Å². The van der Waals surface area contributed by atoms with Gasteiger partial charge in [-0.3, -0.25) is 14.9 Å². The molecule has 1 aromatic carbocycles. The predicted molar refractivity (Wildman–Crippen MR) is 97.7 cm³/mol. The molecular formula is C16H14BrN5OS. The van der Waals surface area contributed by atoms with E-state index < -0.39 is 0 Å². The average molecular weight is 404 g/mol. The summed E-state index contributed by atoms with van der Waals surface area (Å²) < 4.78 is 0.913. The number of anilines is 1. The van der Waals surface area contributed by atoms with Crippen LogP contribution in [0.5, 0.6) is 0 Å². The Kier molecular flexibility index (Phi) is 5.27. The molecule has 0 spiro atoms. The van der Waals surface area contributed by atoms with E-state index in [1.165, 1.54) is 11.8 Å². The number of halogens is 1. The fourth-order valence-electron chi connectivity index (χ4n) is 1.96. The van der Waals surface area contributed by atoms with Crippen LogP contribution >= 0.6 is 27.7 Å². The van der Waals surface area contributed by atoms with Gasteiger partial charge in [0.2, 0.25) is 11.1 Å². The molecule has 0 aliphatic carbocycles. The lowest BCUT2D eigenvalue weighted by molar-refractivity contribution is -0.115. The molecule has 2 heterocycles. The zero-order valence-electron chi connectivity index (χ0n) is 12.7. The topological polar surface area (TPSA) is 83.6 Å². The highest BCUT2D eigenvalue weighted by Crippen LogP contribution is 2.24. The van der Waals surface area contributed by atoms with Crippen LogP contribution in [-0.2, 0) is 4.79 Å². The van der Waals surface area contributed by atoms with Crippen LogP contribution in [0, 0.1) is 0 Å². The largest absolute Gasteiger partial charge is 0.325 e. The van der Waals surface area contributed by atoms with Gasteiger partial charge in [-0.2, -0.15) is 0 Å². The standard InChI is InChI=1S/C16H14BrN5OS/c1-10(15(23)19-13-4-2-3-12(17)9-13)24-16-20-14(21-22-16)11-5-7-18-8-6-11/h2-10H,1H3,(H,19,23)(H,20,21,22)/t10-/m1/s1. The summed E-state index contributed by atoms with van der Waals surface area (Å²) in [5.41, 5.74) is 1.64. The molecule has 122 valence electrons. The quantitative estimate of drug-likeness (QED) is 0.633. The summed E-state index contributed by atoms with van der Waals surface area (Å²) in [4.78, 5) is 20.7. The van der Waals surface area contributed by atoms with E-state index in [4.69, 9.17) is 0 Å². The van der Waals surface area contributed by atoms with Gasteiger partial charge in [-0.15, -0.1) is 5.10 Å². The Bertz CT molecular complexity index is 839. The number of carbonyl (C=O) groups excluding carboxylic acids is 1. The van der Waals surface area contributed by atoms with Crippen molar-refractivity contribution in [1.82, 2.24) is 20.2 Å². The Morgan fingerprint density at radius 2 is 2.08 bits per heavy atom. The lowest BCUT2D eigenvalue weighted by Crippen LogP contribution is -2.22. The SMILES string of the molecule is C[C@@H](Sc1n[nH]c(-c2ccncc2)n1)C(=O)Nc1cccc(Br)c1. The first kappa shape index (κ1) is 16.7. The van der Waals surface area contributed by atoms with E-state index in [1.54, 1.807) is 12.4 Å². The number of H-pyrrole nitrogens is 1. The number of hydrogen-bond acceptors (Lipinski definition) is 5. The molecule has 24 heavy (non-hydrogen) atoms. The molecular weight excluding hydrogens is 390 g/mol. The Morgan fingerprint density at radius 1 is 1.29 bits per heavy atom. The number of carbonyl (C=O) groups is 1. The maximum Gasteiger partial charge on any atom is 0.237 e. The van der Waals surface area contributed by atoms with Gasteiger partial charge >= 0.3 is 0 Å². The number of benzene rings is 1. The molecule has 8 heteroatoms. The van der Waals surface area contributed by atoms with Gasteiger partial charge in [-0.25, -0.2) is 4.98 Å². The molecule has 1 atom stereocenters. The Hall–Kier alpha value is -2.19. The van der Waals surface area contributed by atoms with E-state index >= 15 is 0 Å². The van der Waals surface area contributed by atoms with Crippen LogP contribution < -0.4 is 5.32 Å². The van der Waals surface area contributed by atoms with Gasteiger partial charge in [-0.05, 0) is 37.3 Å². The lowest BCUT2D eigenvalue weighted by atomic mass is 10.3. The van der Waals surface area contributed by atoms with Crippen LogP contribution in [-0.4, -0.2) is 31.3 Å². The molecule has 0 aliphatic heterocycles. The highest BCUT2D eigenvalue weighted by atomic mass is 79.9. The van der Waals surface area contributed by atoms with Crippen molar-refractivity contribution in [3.05, 3.63) is 53.3 Å². The zero-order valence-corrected chi connectivity index (χ0v) is 15.1. The first-order valence-electron chi connectivity index (χ1n) is 7.18. The lowest BCUT2D eigenvalue weighted by Gasteiger charge is -2.10. The number of pyridine rings is 1. The molecule has 2 N–H and O–H groups in total. The van der Waals surface area contributed by atoms with Crippen molar-refractivity contribution in [2.45, 2.75) is 17.3 Å². The number of nitrogens with zero attached hydrogens (tertiary/aromatic N) is 3. The van der Waals surface area contributed by atoms with E-state index in [9.17, 15) is 4.79 Å². The van der Waals surface area contributed by atoms with Crippen molar-refractivity contribution in [3.8, 4) is 11.4 Å². The van der Waals surface area contributed by atoms with Gasteiger partial charge in [-0.1, -0.05) is 33.8 Å². The smallest absolute Gasteiger partial charge is 0.237 e. The minimum atomic E-state index is -0.329. The number of aromatic amines is 1. The summed E-state index contributed by atoms with van der Waals surface area (Å²) in [6, 6.07) is 11.2. The number of rotatable bonds is 5. The third-order valence-electron chi connectivity index (χ3n) is 3.16. The van der Waals surface area contributed by atoms with Crippen LogP contribution in [0.15, 0.2) is 58.4 Å². The average Bonchev–Trinajstić information content (AvgIpc) is 3.04. The Balaban J connectivity index is 1.63. The van der Waals surface area contributed by atoms with Gasteiger partial charge in [0.05, 0.1) is 5.25 Å². The first-order valence-corrected chi connectivity index (χ1v) is 8.85. The third-order valence-corrected chi connectivity index (χ3v) is 4.62. The summed E-state index contributed by atoms with van der Waals surface area (Å²) in [5.74, 6) is 0.549. The van der Waals surface area contributed by atoms with Crippen molar-refractivity contribution in [2.75, 3.05) is 5.32 Å². The second kappa shape index (κ2) is 7.59. The number of aromatic nitrogens is 4. The van der Waals surface area contributed by atoms with Gasteiger partial charge in [0, 0.05) is 28.1 Å². The molecule has 0 saturated heterocycles. The minimum absolute atomic E-state index is 0.103. The summed E-state index contributed by atoms with van der Waals surface area (Å²) in [7, 11) is 0. The predicted octanol–water partition coefficient (Wildman–Crippen LogP) is 3.75. The maximum absolute atomic E-state index is 12.3. The maximum atomic E-state index is 12.3. The summed E-state index contributed by atoms with van der Waals surface area (Å²) in [6.45, 7) is 1.82. The second-order valence-corrected chi connectivity index (χ2v) is 7.19. The molecule has 3 rings (SSSR count). The van der Waals surface area contributed by atoms with Gasteiger partial charge in [0.15, 0.2) is 5.82 Å². The number of thioether (sulfide) groups is 1. The highest BCUT2D eigenvalue weighted by Gasteiger charge is 2.17. The molecule has 6 nitrogen and oxygen atoms in total. The molecule has 0 radical (unpaired) electrons. The van der Waals surface area contributed by atoms with E-state index in [1.807, 2.05) is 43.3 Å². The molecule has 0 saturated carbocycles. The minimum Gasteiger partial charge on any atom is -0.325 e. The fraction of sp³-hybridized carbons (Fsp3) is 0.125. The zero-order chi connectivity index (χ0) is 16.9. The molecule has 1 amide bonds. The van der Waals surface area contributed by atoms with Gasteiger partial charge in [0.1, 0.15) is 0 Å². The second-order valence-electron chi connectivity index (χ2n) is 4.96. The van der Waals surface area contributed by atoms with Crippen molar-refractivity contribution < 1.29 is 4.79 Å². The van der Waals surface area contributed by atoms with Crippen molar-refractivity contribution in [1.29, 1.82) is 0 Å². The Labute approximate surface area is 151 Å². The summed E-state index contributed by atoms with van der Waals surface area (Å²) in [6.07, 6.45) is 3.39. The van der Waals surface area contributed by atoms with Crippen LogP contribution in [0.2, 0.25) is 0 Å². The monoisotopic (exact) mass is 403 g/mol. The van der Waals surface area contributed by atoms with Gasteiger partial charge < -0.3 is 5.32 Å². The molecule has 0 unspecified atom stereocenters. The van der Waals surface area contributed by atoms with Crippen LogP contribution in [0.25, 0.3) is 11.4 Å². The Morgan fingerprint density at radius 3 is 2.83 bits per heavy atom. The molecule has 3 aromatic rings. The molecule has 0 fully saturated rings. The molecule has 2 aromatic heterocycles. The van der Waals surface area contributed by atoms with Crippen LogP contribution in [0.1, 0.15) is 6.92 Å². The molecule has 0 bridgehead atoms. The van der Waals surface area contributed by atoms with Crippen LogP contribution in [0.4, 0.5) is 5.69 Å². The normalized spacial score (nSPS) is 11.9. The van der Waals surface area contributed by atoms with E-state index in [0.717, 1.165) is 15.7 Å². The van der Waals surface area contributed by atoms with Crippen LogP contribution in [0.3, 0.4) is 0 Å². The van der Waals surface area contributed by atoms with Crippen molar-refractivity contribution in [2.24, 2.45) is 0 Å². The van der Waals surface area contributed by atoms with E-state index in [-0.39, 0.29) is 11.2 Å². The fourth-order valence-corrected chi connectivity index (χ4v) is 3.08. The highest BCUT2D eigenvalue weighted by molar-refractivity contribution is 9.10. The number of hydrogen-bond donors (Lipinski definition) is 2. The van der Waals surface area contributed by atoms with E-state index in [0.29, 0.717) is 11.0 Å². The molecule has 0 aliphatic rings. The van der Waals surface area contributed by atoms with Crippen molar-refractivity contribution in [3.63, 3.8) is 0 Å². The number of amides is 1. The first-order chi connectivity index (χ1) is 11.6. The summed E-state index contributed by atoms with van der Waals surface area (Å²) >= 11 is 4.68. The van der Waals surface area contributed by atoms with Crippen molar-refractivity contribution >= 4 is 39.3 Å².